The maximum Gasteiger partial charge on any atom is 0.308 e. The predicted octanol–water partition coefficient (Wildman–Crippen LogP) is 1.13. The minimum atomic E-state index is -0.911. The Kier molecular flexibility index (Phi) is 4.25. The Labute approximate surface area is 99.0 Å². The third-order valence-electron chi connectivity index (χ3n) is 2.61. The van der Waals surface area contributed by atoms with Crippen LogP contribution in [0.15, 0.2) is 4.52 Å². The zero-order valence-electron chi connectivity index (χ0n) is 10.1. The zero-order valence-corrected chi connectivity index (χ0v) is 10.1. The van der Waals surface area contributed by atoms with E-state index in [1.807, 2.05) is 0 Å². The molecule has 0 fully saturated rings. The van der Waals surface area contributed by atoms with E-state index in [9.17, 15) is 9.59 Å². The number of carbonyl (C=O) groups excluding carboxylic acids is 1. The summed E-state index contributed by atoms with van der Waals surface area (Å²) in [5.74, 6) is -1.39. The van der Waals surface area contributed by atoms with Gasteiger partial charge in [-0.25, -0.2) is 0 Å². The summed E-state index contributed by atoms with van der Waals surface area (Å²) in [4.78, 5) is 22.6. The van der Waals surface area contributed by atoms with Crippen molar-refractivity contribution in [2.75, 3.05) is 6.54 Å². The number of amides is 1. The van der Waals surface area contributed by atoms with Gasteiger partial charge in [-0.1, -0.05) is 12.1 Å². The number of carboxylic acids is 1. The number of aryl methyl sites for hydroxylation is 2. The van der Waals surface area contributed by atoms with Gasteiger partial charge in [0.2, 0.25) is 0 Å². The van der Waals surface area contributed by atoms with Gasteiger partial charge in [-0.2, -0.15) is 0 Å². The molecule has 1 rings (SSSR count). The molecule has 6 nitrogen and oxygen atoms in total. The summed E-state index contributed by atoms with van der Waals surface area (Å²) in [6, 6.07) is 0. The normalized spacial score (nSPS) is 12.2. The molecule has 1 aromatic heterocycles. The highest BCUT2D eigenvalue weighted by Gasteiger charge is 2.20. The van der Waals surface area contributed by atoms with Crippen LogP contribution in [0.4, 0.5) is 0 Å². The third-order valence-corrected chi connectivity index (χ3v) is 2.61. The molecule has 0 aromatic carbocycles. The van der Waals surface area contributed by atoms with Crippen molar-refractivity contribution in [1.29, 1.82) is 0 Å². The highest BCUT2D eigenvalue weighted by Crippen LogP contribution is 2.12. The summed E-state index contributed by atoms with van der Waals surface area (Å²) in [5.41, 5.74) is 0.883. The fourth-order valence-electron chi connectivity index (χ4n) is 1.52. The topological polar surface area (TPSA) is 92.4 Å². The molecule has 0 aliphatic carbocycles. The molecule has 1 heterocycles. The minimum Gasteiger partial charge on any atom is -0.481 e. The van der Waals surface area contributed by atoms with E-state index < -0.39 is 11.9 Å². The van der Waals surface area contributed by atoms with Crippen molar-refractivity contribution in [2.24, 2.45) is 5.92 Å². The van der Waals surface area contributed by atoms with Gasteiger partial charge in [-0.05, 0) is 20.3 Å². The molecule has 1 atom stereocenters. The van der Waals surface area contributed by atoms with E-state index in [0.717, 1.165) is 0 Å². The lowest BCUT2D eigenvalue weighted by molar-refractivity contribution is -0.141. The van der Waals surface area contributed by atoms with Crippen molar-refractivity contribution >= 4 is 11.9 Å². The molecule has 0 bridgehead atoms. The van der Waals surface area contributed by atoms with Crippen LogP contribution in [0.3, 0.4) is 0 Å². The minimum absolute atomic E-state index is 0.106. The zero-order chi connectivity index (χ0) is 13.0. The average Bonchev–Trinajstić information content (AvgIpc) is 2.58. The van der Waals surface area contributed by atoms with Crippen molar-refractivity contribution in [3.8, 4) is 0 Å². The van der Waals surface area contributed by atoms with Crippen molar-refractivity contribution in [1.82, 2.24) is 10.5 Å². The Morgan fingerprint density at radius 1 is 1.47 bits per heavy atom. The monoisotopic (exact) mass is 240 g/mol. The van der Waals surface area contributed by atoms with Crippen LogP contribution in [0.1, 0.15) is 35.2 Å². The lowest BCUT2D eigenvalue weighted by atomic mass is 10.1. The summed E-state index contributed by atoms with van der Waals surface area (Å²) in [7, 11) is 0. The highest BCUT2D eigenvalue weighted by molar-refractivity contribution is 5.96. The molecule has 0 aliphatic rings. The predicted molar refractivity (Wildman–Crippen MR) is 59.7 cm³/mol. The average molecular weight is 240 g/mol. The number of hydrogen-bond donors (Lipinski definition) is 2. The fourth-order valence-corrected chi connectivity index (χ4v) is 1.52. The molecule has 1 unspecified atom stereocenters. The Bertz CT molecular complexity index is 406. The SMILES string of the molecule is CCC(CNC(=O)c1c(C)noc1C)C(=O)O. The molecule has 0 saturated carbocycles. The first-order chi connectivity index (χ1) is 7.97. The Morgan fingerprint density at radius 3 is 2.53 bits per heavy atom. The first-order valence-corrected chi connectivity index (χ1v) is 5.41. The number of hydrogen-bond acceptors (Lipinski definition) is 4. The molecule has 0 aliphatic heterocycles. The highest BCUT2D eigenvalue weighted by atomic mass is 16.5. The number of aromatic nitrogens is 1. The lowest BCUT2D eigenvalue weighted by Gasteiger charge is -2.10. The van der Waals surface area contributed by atoms with Crippen LogP contribution >= 0.6 is 0 Å². The fraction of sp³-hybridized carbons (Fsp3) is 0.545. The van der Waals surface area contributed by atoms with Crippen molar-refractivity contribution < 1.29 is 19.2 Å². The Balaban J connectivity index is 2.65. The Morgan fingerprint density at radius 2 is 2.12 bits per heavy atom. The lowest BCUT2D eigenvalue weighted by Crippen LogP contribution is -2.33. The molecule has 6 heteroatoms. The van der Waals surface area contributed by atoms with Crippen LogP contribution in [0.2, 0.25) is 0 Å². The van der Waals surface area contributed by atoms with Crippen LogP contribution < -0.4 is 5.32 Å². The first kappa shape index (κ1) is 13.2. The largest absolute Gasteiger partial charge is 0.481 e. The molecule has 17 heavy (non-hydrogen) atoms. The van der Waals surface area contributed by atoms with E-state index in [1.54, 1.807) is 20.8 Å². The van der Waals surface area contributed by atoms with Gasteiger partial charge < -0.3 is 14.9 Å². The standard InChI is InChI=1S/C11H16N2O4/c1-4-8(11(15)16)5-12-10(14)9-6(2)13-17-7(9)3/h8H,4-5H2,1-3H3,(H,12,14)(H,15,16). The molecule has 0 spiro atoms. The van der Waals surface area contributed by atoms with Crippen LogP contribution in [-0.4, -0.2) is 28.7 Å². The summed E-state index contributed by atoms with van der Waals surface area (Å²) >= 11 is 0. The van der Waals surface area contributed by atoms with Crippen molar-refractivity contribution in [3.05, 3.63) is 17.0 Å². The van der Waals surface area contributed by atoms with Gasteiger partial charge in [-0.15, -0.1) is 0 Å². The second-order valence-electron chi connectivity index (χ2n) is 3.85. The van der Waals surface area contributed by atoms with Gasteiger partial charge in [-0.3, -0.25) is 9.59 Å². The molecule has 0 saturated heterocycles. The smallest absolute Gasteiger partial charge is 0.308 e. The van der Waals surface area contributed by atoms with Crippen molar-refractivity contribution in [3.63, 3.8) is 0 Å². The molecule has 2 N–H and O–H groups in total. The van der Waals surface area contributed by atoms with Gasteiger partial charge in [0.1, 0.15) is 11.3 Å². The first-order valence-electron chi connectivity index (χ1n) is 5.41. The van der Waals surface area contributed by atoms with E-state index in [-0.39, 0.29) is 12.5 Å². The van der Waals surface area contributed by atoms with Gasteiger partial charge in [0.15, 0.2) is 0 Å². The maximum absolute atomic E-state index is 11.8. The van der Waals surface area contributed by atoms with Gasteiger partial charge in [0.05, 0.1) is 11.6 Å². The van der Waals surface area contributed by atoms with Gasteiger partial charge in [0.25, 0.3) is 5.91 Å². The molecule has 0 radical (unpaired) electrons. The molecule has 1 amide bonds. The summed E-state index contributed by atoms with van der Waals surface area (Å²) in [5, 5.41) is 15.1. The van der Waals surface area contributed by atoms with Crippen LogP contribution in [-0.2, 0) is 4.79 Å². The summed E-state index contributed by atoms with van der Waals surface area (Å²) in [6.45, 7) is 5.18. The second kappa shape index (κ2) is 5.47. The number of aliphatic carboxylic acids is 1. The quantitative estimate of drug-likeness (QED) is 0.804. The maximum atomic E-state index is 11.8. The van der Waals surface area contributed by atoms with E-state index >= 15 is 0 Å². The van der Waals surface area contributed by atoms with Crippen LogP contribution in [0.25, 0.3) is 0 Å². The second-order valence-corrected chi connectivity index (χ2v) is 3.85. The molecule has 94 valence electrons. The van der Waals surface area contributed by atoms with Crippen molar-refractivity contribution in [2.45, 2.75) is 27.2 Å². The number of carbonyl (C=O) groups is 2. The number of rotatable bonds is 5. The summed E-state index contributed by atoms with van der Waals surface area (Å²) in [6.07, 6.45) is 0.469. The summed E-state index contributed by atoms with van der Waals surface area (Å²) < 4.78 is 4.87. The Hall–Kier alpha value is -1.85. The van der Waals surface area contributed by atoms with Crippen LogP contribution in [0.5, 0.6) is 0 Å². The molecule has 1 aromatic rings. The van der Waals surface area contributed by atoms with E-state index in [2.05, 4.69) is 10.5 Å². The van der Waals surface area contributed by atoms with E-state index in [0.29, 0.717) is 23.4 Å². The molecular formula is C11H16N2O4. The van der Waals surface area contributed by atoms with E-state index in [1.165, 1.54) is 0 Å². The number of carboxylic acid groups (broad SMARTS) is 1. The number of nitrogens with zero attached hydrogens (tertiary/aromatic N) is 1. The van der Waals surface area contributed by atoms with Crippen LogP contribution in [0, 0.1) is 19.8 Å². The van der Waals surface area contributed by atoms with E-state index in [4.69, 9.17) is 9.63 Å². The third kappa shape index (κ3) is 3.05. The van der Waals surface area contributed by atoms with Gasteiger partial charge >= 0.3 is 5.97 Å². The van der Waals surface area contributed by atoms with Gasteiger partial charge in [0, 0.05) is 6.54 Å². The molecular weight excluding hydrogens is 224 g/mol. The number of nitrogens with one attached hydrogen (secondary N) is 1.